The standard InChI is InChI=1S/C14H22N4/c1-10-9-13(17-14(15)16-10)18-8-4-6-11-5-2-3-7-12(11)18/h9,11-12H,2-8H2,1H3,(H2,15,16,17). The van der Waals surface area contributed by atoms with Crippen molar-refractivity contribution in [3.05, 3.63) is 11.8 Å². The largest absolute Gasteiger partial charge is 0.368 e. The zero-order valence-electron chi connectivity index (χ0n) is 11.1. The molecule has 3 rings (SSSR count). The topological polar surface area (TPSA) is 55.0 Å². The maximum Gasteiger partial charge on any atom is 0.222 e. The molecular formula is C14H22N4. The van der Waals surface area contributed by atoms with Gasteiger partial charge in [0.25, 0.3) is 0 Å². The highest BCUT2D eigenvalue weighted by Crippen LogP contribution is 2.37. The number of nitrogens with zero attached hydrogens (tertiary/aromatic N) is 3. The number of aromatic nitrogens is 2. The second-order valence-electron chi connectivity index (χ2n) is 5.67. The third-order valence-electron chi connectivity index (χ3n) is 4.40. The van der Waals surface area contributed by atoms with Crippen molar-refractivity contribution < 1.29 is 0 Å². The molecule has 2 aliphatic rings. The molecule has 0 aromatic carbocycles. The molecule has 18 heavy (non-hydrogen) atoms. The van der Waals surface area contributed by atoms with Gasteiger partial charge in [0.15, 0.2) is 0 Å². The van der Waals surface area contributed by atoms with Gasteiger partial charge in [-0.3, -0.25) is 0 Å². The van der Waals surface area contributed by atoms with Crippen molar-refractivity contribution in [2.45, 2.75) is 51.5 Å². The molecule has 2 heterocycles. The van der Waals surface area contributed by atoms with Crippen molar-refractivity contribution >= 4 is 11.8 Å². The highest BCUT2D eigenvalue weighted by molar-refractivity contribution is 5.45. The van der Waals surface area contributed by atoms with Crippen molar-refractivity contribution in [1.29, 1.82) is 0 Å². The Morgan fingerprint density at radius 1 is 1.17 bits per heavy atom. The minimum atomic E-state index is 0.405. The van der Waals surface area contributed by atoms with E-state index in [4.69, 9.17) is 5.73 Å². The first-order valence-electron chi connectivity index (χ1n) is 7.12. The van der Waals surface area contributed by atoms with Gasteiger partial charge in [-0.2, -0.15) is 4.98 Å². The Balaban J connectivity index is 1.89. The summed E-state index contributed by atoms with van der Waals surface area (Å²) in [5, 5.41) is 0. The van der Waals surface area contributed by atoms with Crippen LogP contribution in [0, 0.1) is 12.8 Å². The van der Waals surface area contributed by atoms with Crippen LogP contribution in [0.3, 0.4) is 0 Å². The molecule has 98 valence electrons. The first-order valence-corrected chi connectivity index (χ1v) is 7.12. The fourth-order valence-corrected chi connectivity index (χ4v) is 3.63. The van der Waals surface area contributed by atoms with Crippen LogP contribution in [0.15, 0.2) is 6.07 Å². The lowest BCUT2D eigenvalue weighted by Gasteiger charge is -2.44. The Kier molecular flexibility index (Phi) is 3.10. The second kappa shape index (κ2) is 4.75. The van der Waals surface area contributed by atoms with Gasteiger partial charge in [-0.05, 0) is 38.5 Å². The lowest BCUT2D eigenvalue weighted by molar-refractivity contribution is 0.242. The van der Waals surface area contributed by atoms with E-state index in [1.165, 1.54) is 38.5 Å². The number of aryl methyl sites for hydroxylation is 1. The molecule has 0 radical (unpaired) electrons. The van der Waals surface area contributed by atoms with E-state index in [9.17, 15) is 0 Å². The maximum atomic E-state index is 5.79. The summed E-state index contributed by atoms with van der Waals surface area (Å²) in [7, 11) is 0. The third kappa shape index (κ3) is 2.16. The first kappa shape index (κ1) is 11.8. The van der Waals surface area contributed by atoms with Crippen LogP contribution in [-0.4, -0.2) is 22.6 Å². The summed E-state index contributed by atoms with van der Waals surface area (Å²) in [5.41, 5.74) is 6.75. The monoisotopic (exact) mass is 246 g/mol. The average Bonchev–Trinajstić information content (AvgIpc) is 2.37. The summed E-state index contributed by atoms with van der Waals surface area (Å²) in [5.74, 6) is 2.31. The Labute approximate surface area is 109 Å². The van der Waals surface area contributed by atoms with Gasteiger partial charge in [0.2, 0.25) is 5.95 Å². The molecule has 4 nitrogen and oxygen atoms in total. The van der Waals surface area contributed by atoms with Crippen LogP contribution >= 0.6 is 0 Å². The molecule has 0 bridgehead atoms. The van der Waals surface area contributed by atoms with Crippen LogP contribution < -0.4 is 10.6 Å². The molecule has 2 N–H and O–H groups in total. The lowest BCUT2D eigenvalue weighted by Crippen LogP contribution is -2.47. The van der Waals surface area contributed by atoms with E-state index in [2.05, 4.69) is 20.9 Å². The molecule has 1 aliphatic heterocycles. The van der Waals surface area contributed by atoms with Gasteiger partial charge in [0, 0.05) is 24.3 Å². The number of nitrogen functional groups attached to an aromatic ring is 1. The summed E-state index contributed by atoms with van der Waals surface area (Å²) in [6.07, 6.45) is 8.14. The maximum absolute atomic E-state index is 5.79. The number of piperidine rings is 1. The van der Waals surface area contributed by atoms with Crippen molar-refractivity contribution in [3.63, 3.8) is 0 Å². The Morgan fingerprint density at radius 3 is 2.78 bits per heavy atom. The number of nitrogens with two attached hydrogens (primary N) is 1. The zero-order chi connectivity index (χ0) is 12.5. The molecule has 0 amide bonds. The van der Waals surface area contributed by atoms with Gasteiger partial charge in [-0.1, -0.05) is 12.8 Å². The van der Waals surface area contributed by atoms with Gasteiger partial charge in [-0.25, -0.2) is 4.98 Å². The Morgan fingerprint density at radius 2 is 1.94 bits per heavy atom. The zero-order valence-corrected chi connectivity index (χ0v) is 11.1. The van der Waals surface area contributed by atoms with Crippen LogP contribution in [0.5, 0.6) is 0 Å². The minimum absolute atomic E-state index is 0.405. The Bertz CT molecular complexity index is 410. The quantitative estimate of drug-likeness (QED) is 0.827. The van der Waals surface area contributed by atoms with Crippen molar-refractivity contribution in [3.8, 4) is 0 Å². The number of hydrogen-bond donors (Lipinski definition) is 1. The Hall–Kier alpha value is -1.32. The molecule has 1 saturated heterocycles. The summed E-state index contributed by atoms with van der Waals surface area (Å²) in [6, 6.07) is 2.76. The third-order valence-corrected chi connectivity index (χ3v) is 4.40. The molecule has 2 unspecified atom stereocenters. The molecular weight excluding hydrogens is 224 g/mol. The summed E-state index contributed by atoms with van der Waals surface area (Å²) in [4.78, 5) is 11.1. The van der Waals surface area contributed by atoms with E-state index in [-0.39, 0.29) is 0 Å². The van der Waals surface area contributed by atoms with E-state index in [0.717, 1.165) is 24.0 Å². The smallest absolute Gasteiger partial charge is 0.222 e. The van der Waals surface area contributed by atoms with E-state index >= 15 is 0 Å². The van der Waals surface area contributed by atoms with Crippen LogP contribution in [0.2, 0.25) is 0 Å². The predicted molar refractivity (Wildman–Crippen MR) is 73.5 cm³/mol. The highest BCUT2D eigenvalue weighted by atomic mass is 15.2. The van der Waals surface area contributed by atoms with E-state index in [1.807, 2.05) is 6.92 Å². The van der Waals surface area contributed by atoms with Crippen LogP contribution in [0.1, 0.15) is 44.2 Å². The predicted octanol–water partition coefficient (Wildman–Crippen LogP) is 2.53. The van der Waals surface area contributed by atoms with Crippen molar-refractivity contribution in [1.82, 2.24) is 9.97 Å². The van der Waals surface area contributed by atoms with Gasteiger partial charge >= 0.3 is 0 Å². The molecule has 1 aromatic rings. The fraction of sp³-hybridized carbons (Fsp3) is 0.714. The van der Waals surface area contributed by atoms with Crippen molar-refractivity contribution in [2.75, 3.05) is 17.2 Å². The molecule has 1 aromatic heterocycles. The van der Waals surface area contributed by atoms with Crippen LogP contribution in [0.25, 0.3) is 0 Å². The van der Waals surface area contributed by atoms with E-state index in [1.54, 1.807) is 0 Å². The van der Waals surface area contributed by atoms with Gasteiger partial charge in [0.1, 0.15) is 5.82 Å². The molecule has 2 fully saturated rings. The van der Waals surface area contributed by atoms with Crippen LogP contribution in [0.4, 0.5) is 11.8 Å². The molecule has 1 aliphatic carbocycles. The van der Waals surface area contributed by atoms with E-state index in [0.29, 0.717) is 12.0 Å². The van der Waals surface area contributed by atoms with E-state index < -0.39 is 0 Å². The van der Waals surface area contributed by atoms with Gasteiger partial charge in [-0.15, -0.1) is 0 Å². The first-order chi connectivity index (χ1) is 8.74. The van der Waals surface area contributed by atoms with Crippen LogP contribution in [-0.2, 0) is 0 Å². The second-order valence-corrected chi connectivity index (χ2v) is 5.67. The SMILES string of the molecule is Cc1cc(N2CCCC3CCCCC32)nc(N)n1. The fourth-order valence-electron chi connectivity index (χ4n) is 3.63. The average molecular weight is 246 g/mol. The number of rotatable bonds is 1. The number of fused-ring (bicyclic) bond motifs is 1. The molecule has 1 saturated carbocycles. The van der Waals surface area contributed by atoms with Gasteiger partial charge < -0.3 is 10.6 Å². The van der Waals surface area contributed by atoms with Crippen molar-refractivity contribution in [2.24, 2.45) is 5.92 Å². The minimum Gasteiger partial charge on any atom is -0.368 e. The molecule has 2 atom stereocenters. The molecule has 0 spiro atoms. The number of anilines is 2. The lowest BCUT2D eigenvalue weighted by atomic mass is 9.78. The summed E-state index contributed by atoms with van der Waals surface area (Å²) < 4.78 is 0. The normalized spacial score (nSPS) is 27.9. The molecule has 4 heteroatoms. The number of hydrogen-bond acceptors (Lipinski definition) is 4. The summed E-state index contributed by atoms with van der Waals surface area (Å²) in [6.45, 7) is 3.11. The van der Waals surface area contributed by atoms with Gasteiger partial charge in [0.05, 0.1) is 0 Å². The summed E-state index contributed by atoms with van der Waals surface area (Å²) >= 11 is 0. The highest BCUT2D eigenvalue weighted by Gasteiger charge is 2.33.